The topological polar surface area (TPSA) is 102 Å². The predicted octanol–water partition coefficient (Wildman–Crippen LogP) is -0.0343. The SMILES string of the molecule is CC[C@H](C)[C@H](NC(=O)C(N)CCOC)C(=O)O. The van der Waals surface area contributed by atoms with Crippen LogP contribution in [0.3, 0.4) is 0 Å². The highest BCUT2D eigenvalue weighted by Crippen LogP contribution is 2.08. The molecule has 0 rings (SSSR count). The van der Waals surface area contributed by atoms with Crippen LogP contribution in [0.2, 0.25) is 0 Å². The maximum absolute atomic E-state index is 11.6. The summed E-state index contributed by atoms with van der Waals surface area (Å²) in [7, 11) is 1.52. The Morgan fingerprint density at radius 2 is 2.06 bits per heavy atom. The Bertz CT molecular complexity index is 258. The first-order valence-corrected chi connectivity index (χ1v) is 5.71. The molecule has 0 spiro atoms. The van der Waals surface area contributed by atoms with E-state index in [9.17, 15) is 9.59 Å². The van der Waals surface area contributed by atoms with E-state index in [4.69, 9.17) is 15.6 Å². The molecule has 0 aliphatic heterocycles. The monoisotopic (exact) mass is 246 g/mol. The van der Waals surface area contributed by atoms with Gasteiger partial charge in [-0.25, -0.2) is 4.79 Å². The van der Waals surface area contributed by atoms with Crippen molar-refractivity contribution in [1.82, 2.24) is 5.32 Å². The minimum atomic E-state index is -1.04. The van der Waals surface area contributed by atoms with E-state index in [1.807, 2.05) is 6.92 Å². The van der Waals surface area contributed by atoms with Gasteiger partial charge in [-0.3, -0.25) is 4.79 Å². The van der Waals surface area contributed by atoms with Crippen LogP contribution in [-0.4, -0.2) is 42.8 Å². The molecule has 0 aliphatic rings. The molecule has 3 atom stereocenters. The van der Waals surface area contributed by atoms with Gasteiger partial charge in [-0.2, -0.15) is 0 Å². The maximum Gasteiger partial charge on any atom is 0.326 e. The molecule has 0 radical (unpaired) electrons. The van der Waals surface area contributed by atoms with Gasteiger partial charge in [0.1, 0.15) is 6.04 Å². The van der Waals surface area contributed by atoms with E-state index < -0.39 is 24.0 Å². The fraction of sp³-hybridized carbons (Fsp3) is 0.818. The molecule has 0 aromatic heterocycles. The Hall–Kier alpha value is -1.14. The lowest BCUT2D eigenvalue weighted by Gasteiger charge is -2.22. The molecule has 100 valence electrons. The molecular weight excluding hydrogens is 224 g/mol. The van der Waals surface area contributed by atoms with Crippen molar-refractivity contribution < 1.29 is 19.4 Å². The summed E-state index contributed by atoms with van der Waals surface area (Å²) < 4.78 is 4.81. The Labute approximate surface area is 102 Å². The number of carboxylic acids is 1. The standard InChI is InChI=1S/C11H22N2O4/c1-4-7(2)9(11(15)16)13-10(14)8(12)5-6-17-3/h7-9H,4-6,12H2,1-3H3,(H,13,14)(H,15,16)/t7-,8?,9-/m0/s1. The average Bonchev–Trinajstić information content (AvgIpc) is 2.31. The minimum Gasteiger partial charge on any atom is -0.480 e. The number of carboxylic acid groups (broad SMARTS) is 1. The van der Waals surface area contributed by atoms with Crippen LogP contribution < -0.4 is 11.1 Å². The number of hydrogen-bond donors (Lipinski definition) is 3. The average molecular weight is 246 g/mol. The number of carbonyl (C=O) groups excluding carboxylic acids is 1. The number of hydrogen-bond acceptors (Lipinski definition) is 4. The Morgan fingerprint density at radius 3 is 2.47 bits per heavy atom. The number of amides is 1. The van der Waals surface area contributed by atoms with Crippen molar-refractivity contribution in [1.29, 1.82) is 0 Å². The molecule has 0 aromatic carbocycles. The van der Waals surface area contributed by atoms with Crippen LogP contribution >= 0.6 is 0 Å². The zero-order chi connectivity index (χ0) is 13.4. The molecule has 0 fully saturated rings. The molecule has 0 heterocycles. The van der Waals surface area contributed by atoms with Gasteiger partial charge in [0.15, 0.2) is 0 Å². The van der Waals surface area contributed by atoms with Crippen molar-refractivity contribution in [2.45, 2.75) is 38.8 Å². The Balaban J connectivity index is 4.35. The number of rotatable bonds is 8. The lowest BCUT2D eigenvalue weighted by Crippen LogP contribution is -2.51. The van der Waals surface area contributed by atoms with Gasteiger partial charge in [0, 0.05) is 13.7 Å². The molecule has 0 aromatic rings. The van der Waals surface area contributed by atoms with Gasteiger partial charge in [-0.05, 0) is 12.3 Å². The van der Waals surface area contributed by atoms with E-state index in [1.165, 1.54) is 7.11 Å². The lowest BCUT2D eigenvalue weighted by molar-refractivity contribution is -0.143. The van der Waals surface area contributed by atoms with Crippen LogP contribution in [0.15, 0.2) is 0 Å². The highest BCUT2D eigenvalue weighted by molar-refractivity contribution is 5.86. The van der Waals surface area contributed by atoms with Crippen LogP contribution in [0.4, 0.5) is 0 Å². The summed E-state index contributed by atoms with van der Waals surface area (Å²) in [6.07, 6.45) is 1.04. The predicted molar refractivity (Wildman–Crippen MR) is 63.5 cm³/mol. The first-order chi connectivity index (χ1) is 7.93. The van der Waals surface area contributed by atoms with Gasteiger partial charge in [-0.1, -0.05) is 20.3 Å². The van der Waals surface area contributed by atoms with Gasteiger partial charge < -0.3 is 20.9 Å². The first-order valence-electron chi connectivity index (χ1n) is 5.71. The van der Waals surface area contributed by atoms with Gasteiger partial charge >= 0.3 is 5.97 Å². The number of ether oxygens (including phenoxy) is 1. The highest BCUT2D eigenvalue weighted by atomic mass is 16.5. The van der Waals surface area contributed by atoms with Crippen molar-refractivity contribution >= 4 is 11.9 Å². The van der Waals surface area contributed by atoms with E-state index >= 15 is 0 Å². The molecule has 0 saturated carbocycles. The zero-order valence-corrected chi connectivity index (χ0v) is 10.6. The third-order valence-electron chi connectivity index (χ3n) is 2.75. The van der Waals surface area contributed by atoms with E-state index in [1.54, 1.807) is 6.92 Å². The maximum atomic E-state index is 11.6. The molecule has 1 amide bonds. The molecular formula is C11H22N2O4. The number of nitrogens with two attached hydrogens (primary N) is 1. The van der Waals surface area contributed by atoms with Gasteiger partial charge in [0.2, 0.25) is 5.91 Å². The smallest absolute Gasteiger partial charge is 0.326 e. The van der Waals surface area contributed by atoms with Crippen molar-refractivity contribution in [2.75, 3.05) is 13.7 Å². The fourth-order valence-corrected chi connectivity index (χ4v) is 1.32. The second kappa shape index (κ2) is 8.03. The van der Waals surface area contributed by atoms with Crippen LogP contribution in [0.1, 0.15) is 26.7 Å². The molecule has 4 N–H and O–H groups in total. The molecule has 1 unspecified atom stereocenters. The third kappa shape index (κ3) is 5.65. The molecule has 0 saturated heterocycles. The number of nitrogens with one attached hydrogen (secondary N) is 1. The first kappa shape index (κ1) is 15.9. The third-order valence-corrected chi connectivity index (χ3v) is 2.75. The van der Waals surface area contributed by atoms with Crippen molar-refractivity contribution in [2.24, 2.45) is 11.7 Å². The minimum absolute atomic E-state index is 0.133. The summed E-state index contributed by atoms with van der Waals surface area (Å²) in [6.45, 7) is 4.02. The quantitative estimate of drug-likeness (QED) is 0.558. The molecule has 17 heavy (non-hydrogen) atoms. The molecule has 0 aliphatic carbocycles. The lowest BCUT2D eigenvalue weighted by atomic mass is 9.99. The van der Waals surface area contributed by atoms with Crippen LogP contribution in [-0.2, 0) is 14.3 Å². The second-order valence-corrected chi connectivity index (χ2v) is 4.10. The van der Waals surface area contributed by atoms with Crippen molar-refractivity contribution in [3.05, 3.63) is 0 Å². The van der Waals surface area contributed by atoms with Crippen molar-refractivity contribution in [3.63, 3.8) is 0 Å². The van der Waals surface area contributed by atoms with Gasteiger partial charge in [0.25, 0.3) is 0 Å². The molecule has 6 nitrogen and oxygen atoms in total. The molecule has 0 bridgehead atoms. The van der Waals surface area contributed by atoms with Gasteiger partial charge in [0.05, 0.1) is 6.04 Å². The summed E-state index contributed by atoms with van der Waals surface area (Å²) in [4.78, 5) is 22.6. The normalized spacial score (nSPS) is 16.0. The summed E-state index contributed by atoms with van der Waals surface area (Å²) in [5.41, 5.74) is 5.61. The second-order valence-electron chi connectivity index (χ2n) is 4.10. The van der Waals surface area contributed by atoms with Crippen LogP contribution in [0.5, 0.6) is 0 Å². The summed E-state index contributed by atoms with van der Waals surface area (Å²) in [6, 6.07) is -1.62. The van der Waals surface area contributed by atoms with E-state index in [0.717, 1.165) is 0 Å². The summed E-state index contributed by atoms with van der Waals surface area (Å²) in [5, 5.41) is 11.5. The number of methoxy groups -OCH3 is 1. The van der Waals surface area contributed by atoms with Crippen molar-refractivity contribution in [3.8, 4) is 0 Å². The van der Waals surface area contributed by atoms with Gasteiger partial charge in [-0.15, -0.1) is 0 Å². The Morgan fingerprint density at radius 1 is 1.47 bits per heavy atom. The highest BCUT2D eigenvalue weighted by Gasteiger charge is 2.27. The Kier molecular flexibility index (Phi) is 7.49. The number of carbonyl (C=O) groups is 2. The van der Waals surface area contributed by atoms with E-state index in [-0.39, 0.29) is 5.92 Å². The fourth-order valence-electron chi connectivity index (χ4n) is 1.32. The van der Waals surface area contributed by atoms with Crippen LogP contribution in [0.25, 0.3) is 0 Å². The largest absolute Gasteiger partial charge is 0.480 e. The molecule has 6 heteroatoms. The van der Waals surface area contributed by atoms with Crippen LogP contribution in [0, 0.1) is 5.92 Å². The van der Waals surface area contributed by atoms with E-state index in [2.05, 4.69) is 5.32 Å². The summed E-state index contributed by atoms with van der Waals surface area (Å²) >= 11 is 0. The van der Waals surface area contributed by atoms with E-state index in [0.29, 0.717) is 19.4 Å². The number of aliphatic carboxylic acids is 1. The zero-order valence-electron chi connectivity index (χ0n) is 10.6. The summed E-state index contributed by atoms with van der Waals surface area (Å²) in [5.74, 6) is -1.62.